The lowest BCUT2D eigenvalue weighted by Crippen LogP contribution is -2.48. The molecule has 2 aromatic rings. The highest BCUT2D eigenvalue weighted by molar-refractivity contribution is 5.79. The first kappa shape index (κ1) is 22.6. The van der Waals surface area contributed by atoms with Crippen LogP contribution in [0.1, 0.15) is 43.9 Å². The fourth-order valence-electron chi connectivity index (χ4n) is 4.01. The Morgan fingerprint density at radius 1 is 1.29 bits per heavy atom. The standard InChI is InChI=1S/C23H34N8/c1-3-14-30-15-11-18(12-16-30)28-23(26-2)27-13-7-10-21-20(17-24)22(25)31(29-21)19-8-5-4-6-9-19/h4-6,8-9,18H,3,7,10-16,25H2,1-2H3,(H2,26,27,28). The lowest BCUT2D eigenvalue weighted by molar-refractivity contribution is 0.206. The summed E-state index contributed by atoms with van der Waals surface area (Å²) < 4.78 is 1.65. The first-order valence-corrected chi connectivity index (χ1v) is 11.2. The molecule has 166 valence electrons. The molecule has 0 spiro atoms. The minimum Gasteiger partial charge on any atom is -0.382 e. The summed E-state index contributed by atoms with van der Waals surface area (Å²) in [5.41, 5.74) is 8.24. The molecule has 1 aliphatic rings. The van der Waals surface area contributed by atoms with Crippen LogP contribution in [0.15, 0.2) is 35.3 Å². The van der Waals surface area contributed by atoms with Crippen LogP contribution in [0.3, 0.4) is 0 Å². The Bertz CT molecular complexity index is 888. The second kappa shape index (κ2) is 11.4. The fourth-order valence-corrected chi connectivity index (χ4v) is 4.01. The van der Waals surface area contributed by atoms with E-state index in [1.54, 1.807) is 11.7 Å². The average Bonchev–Trinajstić information content (AvgIpc) is 3.13. The quantitative estimate of drug-likeness (QED) is 0.342. The number of nitrogen functional groups attached to an aromatic ring is 1. The Hall–Kier alpha value is -3.05. The Morgan fingerprint density at radius 3 is 2.68 bits per heavy atom. The SMILES string of the molecule is CCCN1CCC(NC(=NC)NCCCc2nn(-c3ccccc3)c(N)c2C#N)CC1. The van der Waals surface area contributed by atoms with Crippen molar-refractivity contribution >= 4 is 11.8 Å². The van der Waals surface area contributed by atoms with Crippen molar-refractivity contribution in [2.75, 3.05) is 39.0 Å². The number of guanidine groups is 1. The maximum absolute atomic E-state index is 9.55. The number of hydrogen-bond donors (Lipinski definition) is 3. The van der Waals surface area contributed by atoms with Gasteiger partial charge in [0, 0.05) is 32.7 Å². The number of rotatable bonds is 8. The lowest BCUT2D eigenvalue weighted by Gasteiger charge is -2.32. The highest BCUT2D eigenvalue weighted by Crippen LogP contribution is 2.21. The molecule has 0 radical (unpaired) electrons. The molecule has 4 N–H and O–H groups in total. The van der Waals surface area contributed by atoms with Crippen LogP contribution in [0.25, 0.3) is 5.69 Å². The maximum Gasteiger partial charge on any atom is 0.191 e. The summed E-state index contributed by atoms with van der Waals surface area (Å²) in [5, 5.41) is 21.1. The zero-order chi connectivity index (χ0) is 22.1. The van der Waals surface area contributed by atoms with Crippen molar-refractivity contribution in [3.63, 3.8) is 0 Å². The molecule has 1 aromatic carbocycles. The van der Waals surface area contributed by atoms with Crippen LogP contribution in [0.2, 0.25) is 0 Å². The molecule has 0 bridgehead atoms. The third-order valence-corrected chi connectivity index (χ3v) is 5.68. The third-order valence-electron chi connectivity index (χ3n) is 5.68. The number of aromatic nitrogens is 2. The Kier molecular flexibility index (Phi) is 8.30. The molecular formula is C23H34N8. The summed E-state index contributed by atoms with van der Waals surface area (Å²) in [4.78, 5) is 6.89. The van der Waals surface area contributed by atoms with Crippen molar-refractivity contribution in [2.45, 2.75) is 45.1 Å². The molecule has 8 nitrogen and oxygen atoms in total. The van der Waals surface area contributed by atoms with Crippen molar-refractivity contribution in [3.05, 3.63) is 41.6 Å². The molecule has 0 saturated carbocycles. The molecule has 1 aliphatic heterocycles. The number of likely N-dealkylation sites (tertiary alicyclic amines) is 1. The van der Waals surface area contributed by atoms with Crippen molar-refractivity contribution < 1.29 is 0 Å². The van der Waals surface area contributed by atoms with Crippen molar-refractivity contribution in [1.82, 2.24) is 25.3 Å². The Labute approximate surface area is 185 Å². The van der Waals surface area contributed by atoms with Crippen LogP contribution in [-0.4, -0.2) is 59.9 Å². The van der Waals surface area contributed by atoms with E-state index in [2.05, 4.69) is 38.6 Å². The number of nitrogens with one attached hydrogen (secondary N) is 2. The van der Waals surface area contributed by atoms with Gasteiger partial charge in [-0.15, -0.1) is 0 Å². The molecule has 1 saturated heterocycles. The zero-order valence-electron chi connectivity index (χ0n) is 18.6. The molecule has 3 rings (SSSR count). The van der Waals surface area contributed by atoms with Gasteiger partial charge < -0.3 is 21.3 Å². The van der Waals surface area contributed by atoms with E-state index < -0.39 is 0 Å². The van der Waals surface area contributed by atoms with E-state index in [0.29, 0.717) is 23.8 Å². The van der Waals surface area contributed by atoms with Gasteiger partial charge in [-0.2, -0.15) is 10.4 Å². The molecule has 0 aliphatic carbocycles. The maximum atomic E-state index is 9.55. The molecular weight excluding hydrogens is 388 g/mol. The van der Waals surface area contributed by atoms with Crippen LogP contribution in [0, 0.1) is 11.3 Å². The topological polar surface area (TPSA) is 107 Å². The molecule has 1 fully saturated rings. The summed E-state index contributed by atoms with van der Waals surface area (Å²) >= 11 is 0. The molecule has 1 aromatic heterocycles. The van der Waals surface area contributed by atoms with Gasteiger partial charge in [-0.05, 0) is 50.8 Å². The predicted molar refractivity (Wildman–Crippen MR) is 125 cm³/mol. The average molecular weight is 423 g/mol. The Balaban J connectivity index is 1.48. The largest absolute Gasteiger partial charge is 0.382 e. The molecule has 31 heavy (non-hydrogen) atoms. The number of aliphatic imine (C=N–C) groups is 1. The summed E-state index contributed by atoms with van der Waals surface area (Å²) in [6.45, 7) is 6.46. The number of nitriles is 1. The third kappa shape index (κ3) is 5.98. The summed E-state index contributed by atoms with van der Waals surface area (Å²) in [5.74, 6) is 1.23. The van der Waals surface area contributed by atoms with E-state index >= 15 is 0 Å². The normalized spacial score (nSPS) is 15.6. The van der Waals surface area contributed by atoms with Crippen LogP contribution in [0.4, 0.5) is 5.82 Å². The second-order valence-corrected chi connectivity index (χ2v) is 7.93. The van der Waals surface area contributed by atoms with Gasteiger partial charge in [0.15, 0.2) is 5.96 Å². The van der Waals surface area contributed by atoms with Gasteiger partial charge in [0.1, 0.15) is 17.5 Å². The van der Waals surface area contributed by atoms with E-state index in [1.165, 1.54) is 13.0 Å². The van der Waals surface area contributed by atoms with E-state index in [1.807, 2.05) is 30.3 Å². The van der Waals surface area contributed by atoms with Gasteiger partial charge in [-0.1, -0.05) is 25.1 Å². The number of anilines is 1. The highest BCUT2D eigenvalue weighted by Gasteiger charge is 2.19. The van der Waals surface area contributed by atoms with E-state index in [4.69, 9.17) is 5.73 Å². The van der Waals surface area contributed by atoms with Crippen LogP contribution in [0.5, 0.6) is 0 Å². The minimum absolute atomic E-state index is 0.392. The number of nitrogens with zero attached hydrogens (tertiary/aromatic N) is 5. The van der Waals surface area contributed by atoms with Gasteiger partial charge in [-0.25, -0.2) is 4.68 Å². The number of para-hydroxylation sites is 1. The van der Waals surface area contributed by atoms with E-state index in [-0.39, 0.29) is 0 Å². The van der Waals surface area contributed by atoms with Crippen LogP contribution in [-0.2, 0) is 6.42 Å². The zero-order valence-corrected chi connectivity index (χ0v) is 18.6. The minimum atomic E-state index is 0.392. The second-order valence-electron chi connectivity index (χ2n) is 7.93. The van der Waals surface area contributed by atoms with Crippen LogP contribution >= 0.6 is 0 Å². The number of piperidine rings is 1. The van der Waals surface area contributed by atoms with Gasteiger partial charge in [0.25, 0.3) is 0 Å². The monoisotopic (exact) mass is 422 g/mol. The van der Waals surface area contributed by atoms with E-state index in [0.717, 1.165) is 56.2 Å². The number of benzene rings is 1. The number of hydrogen-bond acceptors (Lipinski definition) is 5. The van der Waals surface area contributed by atoms with E-state index in [9.17, 15) is 5.26 Å². The van der Waals surface area contributed by atoms with Gasteiger partial charge in [0.05, 0.1) is 11.4 Å². The molecule has 0 unspecified atom stereocenters. The lowest BCUT2D eigenvalue weighted by atomic mass is 10.1. The molecule has 0 atom stereocenters. The van der Waals surface area contributed by atoms with Crippen molar-refractivity contribution in [2.24, 2.45) is 4.99 Å². The fraction of sp³-hybridized carbons (Fsp3) is 0.522. The summed E-state index contributed by atoms with van der Waals surface area (Å²) in [7, 11) is 1.80. The highest BCUT2D eigenvalue weighted by atomic mass is 15.3. The van der Waals surface area contributed by atoms with Crippen LogP contribution < -0.4 is 16.4 Å². The molecule has 0 amide bonds. The van der Waals surface area contributed by atoms with Crippen molar-refractivity contribution in [3.8, 4) is 11.8 Å². The van der Waals surface area contributed by atoms with Gasteiger partial charge in [0.2, 0.25) is 0 Å². The van der Waals surface area contributed by atoms with Crippen molar-refractivity contribution in [1.29, 1.82) is 5.26 Å². The van der Waals surface area contributed by atoms with Gasteiger partial charge >= 0.3 is 0 Å². The molecule has 2 heterocycles. The first-order chi connectivity index (χ1) is 15.2. The molecule has 8 heteroatoms. The first-order valence-electron chi connectivity index (χ1n) is 11.2. The Morgan fingerprint density at radius 2 is 2.03 bits per heavy atom. The number of nitrogens with two attached hydrogens (primary N) is 1. The van der Waals surface area contributed by atoms with Gasteiger partial charge in [-0.3, -0.25) is 4.99 Å². The smallest absolute Gasteiger partial charge is 0.191 e. The summed E-state index contributed by atoms with van der Waals surface area (Å²) in [6.07, 6.45) is 5.00. The summed E-state index contributed by atoms with van der Waals surface area (Å²) in [6, 6.07) is 12.3. The predicted octanol–water partition coefficient (Wildman–Crippen LogP) is 2.30. The number of aryl methyl sites for hydroxylation is 1.